The predicted molar refractivity (Wildman–Crippen MR) is 135 cm³/mol. The number of hydrogen-bond acceptors (Lipinski definition) is 4. The van der Waals surface area contributed by atoms with Gasteiger partial charge in [-0.1, -0.05) is 83.1 Å². The van der Waals surface area contributed by atoms with Gasteiger partial charge in [0.1, 0.15) is 12.6 Å². The Morgan fingerprint density at radius 3 is 2.00 bits per heavy atom. The number of benzene rings is 2. The van der Waals surface area contributed by atoms with Crippen LogP contribution in [0.15, 0.2) is 48.5 Å². The van der Waals surface area contributed by atoms with Gasteiger partial charge in [0.15, 0.2) is 0 Å². The van der Waals surface area contributed by atoms with Gasteiger partial charge < -0.3 is 20.5 Å². The molecule has 7 nitrogen and oxygen atoms in total. The lowest BCUT2D eigenvalue weighted by molar-refractivity contribution is -0.138. The number of carboxylic acid groups (broad SMARTS) is 1. The van der Waals surface area contributed by atoms with Crippen molar-refractivity contribution in [2.75, 3.05) is 13.2 Å². The maximum atomic E-state index is 13.0. The number of hydrogen-bond donors (Lipinski definition) is 3. The van der Waals surface area contributed by atoms with E-state index in [1.165, 1.54) is 0 Å². The highest BCUT2D eigenvalue weighted by Gasteiger charge is 2.35. The Labute approximate surface area is 207 Å². The molecule has 1 aliphatic carbocycles. The topological polar surface area (TPSA) is 105 Å². The third kappa shape index (κ3) is 6.41. The molecule has 35 heavy (non-hydrogen) atoms. The largest absolute Gasteiger partial charge is 0.481 e. The van der Waals surface area contributed by atoms with Gasteiger partial charge in [-0.15, -0.1) is 0 Å². The zero-order valence-corrected chi connectivity index (χ0v) is 21.1. The van der Waals surface area contributed by atoms with Crippen LogP contribution in [-0.4, -0.2) is 42.3 Å². The summed E-state index contributed by atoms with van der Waals surface area (Å²) in [6.45, 7) is 9.81. The van der Waals surface area contributed by atoms with Gasteiger partial charge in [-0.25, -0.2) is 4.79 Å². The minimum atomic E-state index is -0.901. The van der Waals surface area contributed by atoms with Crippen LogP contribution in [0.4, 0.5) is 4.79 Å². The van der Waals surface area contributed by atoms with Gasteiger partial charge in [0.05, 0.1) is 6.42 Å². The van der Waals surface area contributed by atoms with Crippen LogP contribution in [0.2, 0.25) is 0 Å². The Morgan fingerprint density at radius 2 is 1.51 bits per heavy atom. The summed E-state index contributed by atoms with van der Waals surface area (Å²) >= 11 is 0. The van der Waals surface area contributed by atoms with Gasteiger partial charge in [-0.3, -0.25) is 9.59 Å². The van der Waals surface area contributed by atoms with Crippen molar-refractivity contribution in [3.63, 3.8) is 0 Å². The third-order valence-electron chi connectivity index (χ3n) is 6.65. The summed E-state index contributed by atoms with van der Waals surface area (Å²) in [5.41, 5.74) is 3.94. The maximum Gasteiger partial charge on any atom is 0.407 e. The molecule has 0 aromatic heterocycles. The standard InChI is InChI=1S/C28H36N2O5/c1-17(2)18(14-24(31)32)15-29-26(33)25(28(3,4)5)30-27(34)35-16-23-21-12-8-6-10-19(21)20-11-7-9-13-22(20)23/h6-13,17-18,23,25H,14-16H2,1-5H3,(H,29,33)(H,30,34)(H,31,32)/t18?,25-/m0/s1. The van der Waals surface area contributed by atoms with E-state index in [2.05, 4.69) is 34.9 Å². The number of rotatable bonds is 9. The zero-order chi connectivity index (χ0) is 25.8. The molecule has 0 fully saturated rings. The Morgan fingerprint density at radius 1 is 0.971 bits per heavy atom. The normalized spacial score (nSPS) is 14.6. The van der Waals surface area contributed by atoms with Crippen molar-refractivity contribution in [2.45, 2.75) is 53.0 Å². The third-order valence-corrected chi connectivity index (χ3v) is 6.65. The lowest BCUT2D eigenvalue weighted by Gasteiger charge is -2.31. The van der Waals surface area contributed by atoms with Crippen molar-refractivity contribution in [3.8, 4) is 11.1 Å². The van der Waals surface area contributed by atoms with E-state index in [0.29, 0.717) is 0 Å². The van der Waals surface area contributed by atoms with Gasteiger partial charge in [0.2, 0.25) is 5.91 Å². The minimum absolute atomic E-state index is 0.0298. The van der Waals surface area contributed by atoms with Crippen molar-refractivity contribution in [1.29, 1.82) is 0 Å². The summed E-state index contributed by atoms with van der Waals surface area (Å²) in [5.74, 6) is -1.44. The molecule has 0 heterocycles. The Bertz CT molecular complexity index is 1030. The zero-order valence-electron chi connectivity index (χ0n) is 21.1. The number of carbonyl (C=O) groups is 3. The van der Waals surface area contributed by atoms with E-state index in [4.69, 9.17) is 9.84 Å². The molecule has 1 aliphatic rings. The van der Waals surface area contributed by atoms with Crippen LogP contribution in [-0.2, 0) is 14.3 Å². The number of ether oxygens (including phenoxy) is 1. The van der Waals surface area contributed by atoms with Crippen LogP contribution in [0.25, 0.3) is 11.1 Å². The molecule has 3 rings (SSSR count). The molecule has 2 aromatic carbocycles. The molecule has 188 valence electrons. The van der Waals surface area contributed by atoms with Crippen molar-refractivity contribution in [3.05, 3.63) is 59.7 Å². The van der Waals surface area contributed by atoms with Crippen LogP contribution in [0.5, 0.6) is 0 Å². The molecule has 0 aliphatic heterocycles. The molecule has 2 atom stereocenters. The van der Waals surface area contributed by atoms with Gasteiger partial charge in [-0.2, -0.15) is 0 Å². The second-order valence-electron chi connectivity index (χ2n) is 10.6. The fraction of sp³-hybridized carbons (Fsp3) is 0.464. The monoisotopic (exact) mass is 480 g/mol. The lowest BCUT2D eigenvalue weighted by Crippen LogP contribution is -2.54. The van der Waals surface area contributed by atoms with Gasteiger partial charge >= 0.3 is 12.1 Å². The summed E-state index contributed by atoms with van der Waals surface area (Å²) in [6.07, 6.45) is -0.689. The van der Waals surface area contributed by atoms with Crippen LogP contribution in [0.1, 0.15) is 58.1 Å². The van der Waals surface area contributed by atoms with Crippen LogP contribution in [0.3, 0.4) is 0 Å². The highest BCUT2D eigenvalue weighted by Crippen LogP contribution is 2.44. The first-order chi connectivity index (χ1) is 16.5. The average Bonchev–Trinajstić information content (AvgIpc) is 3.11. The Kier molecular flexibility index (Phi) is 8.20. The second kappa shape index (κ2) is 10.9. The molecular weight excluding hydrogens is 444 g/mol. The minimum Gasteiger partial charge on any atom is -0.481 e. The van der Waals surface area contributed by atoms with E-state index in [1.54, 1.807) is 0 Å². The molecule has 7 heteroatoms. The second-order valence-corrected chi connectivity index (χ2v) is 10.6. The molecule has 1 unspecified atom stereocenters. The molecular formula is C28H36N2O5. The summed E-state index contributed by atoms with van der Waals surface area (Å²) in [6, 6.07) is 15.4. The van der Waals surface area contributed by atoms with E-state index in [1.807, 2.05) is 58.9 Å². The van der Waals surface area contributed by atoms with Crippen LogP contribution < -0.4 is 10.6 Å². The number of carbonyl (C=O) groups excluding carboxylic acids is 2. The first kappa shape index (κ1) is 26.3. The summed E-state index contributed by atoms with van der Waals surface area (Å²) in [4.78, 5) is 36.9. The van der Waals surface area contributed by atoms with E-state index in [0.717, 1.165) is 22.3 Å². The number of carboxylic acids is 1. The SMILES string of the molecule is CC(C)C(CNC(=O)[C@H](NC(=O)OCC1c2ccccc2-c2ccccc21)C(C)(C)C)CC(=O)O. The maximum absolute atomic E-state index is 13.0. The Hall–Kier alpha value is -3.35. The lowest BCUT2D eigenvalue weighted by atomic mass is 9.85. The highest BCUT2D eigenvalue weighted by atomic mass is 16.5. The van der Waals surface area contributed by atoms with Gasteiger partial charge in [-0.05, 0) is 39.5 Å². The van der Waals surface area contributed by atoms with Crippen molar-refractivity contribution in [2.24, 2.45) is 17.3 Å². The first-order valence-corrected chi connectivity index (χ1v) is 12.1. The predicted octanol–water partition coefficient (Wildman–Crippen LogP) is 4.80. The quantitative estimate of drug-likeness (QED) is 0.478. The number of fused-ring (bicyclic) bond motifs is 3. The van der Waals surface area contributed by atoms with Crippen molar-refractivity contribution >= 4 is 18.0 Å². The molecule has 2 aromatic rings. The van der Waals surface area contributed by atoms with Crippen LogP contribution >= 0.6 is 0 Å². The fourth-order valence-electron chi connectivity index (χ4n) is 4.53. The molecule has 0 saturated heterocycles. The number of alkyl carbamates (subject to hydrolysis) is 1. The summed E-state index contributed by atoms with van der Waals surface area (Å²) in [5, 5.41) is 14.7. The van der Waals surface area contributed by atoms with Crippen LogP contribution in [0, 0.1) is 17.3 Å². The highest BCUT2D eigenvalue weighted by molar-refractivity contribution is 5.86. The molecule has 3 N–H and O–H groups in total. The average molecular weight is 481 g/mol. The van der Waals surface area contributed by atoms with Gasteiger partial charge in [0.25, 0.3) is 0 Å². The number of aliphatic carboxylic acids is 1. The molecule has 2 amide bonds. The summed E-state index contributed by atoms with van der Waals surface area (Å²) < 4.78 is 5.62. The number of nitrogens with one attached hydrogen (secondary N) is 2. The van der Waals surface area contributed by atoms with E-state index < -0.39 is 23.5 Å². The molecule has 0 radical (unpaired) electrons. The first-order valence-electron chi connectivity index (χ1n) is 12.1. The van der Waals surface area contributed by atoms with Crippen molar-refractivity contribution in [1.82, 2.24) is 10.6 Å². The van der Waals surface area contributed by atoms with Gasteiger partial charge in [0, 0.05) is 12.5 Å². The van der Waals surface area contributed by atoms with E-state index >= 15 is 0 Å². The summed E-state index contributed by atoms with van der Waals surface area (Å²) in [7, 11) is 0. The Balaban J connectivity index is 1.64. The molecule has 0 bridgehead atoms. The van der Waals surface area contributed by atoms with E-state index in [9.17, 15) is 14.4 Å². The number of amides is 2. The molecule has 0 spiro atoms. The fourth-order valence-corrected chi connectivity index (χ4v) is 4.53. The smallest absolute Gasteiger partial charge is 0.407 e. The van der Waals surface area contributed by atoms with E-state index in [-0.39, 0.29) is 43.2 Å². The van der Waals surface area contributed by atoms with Crippen molar-refractivity contribution < 1.29 is 24.2 Å². The molecule has 0 saturated carbocycles.